The van der Waals surface area contributed by atoms with E-state index in [4.69, 9.17) is 4.74 Å². The van der Waals surface area contributed by atoms with E-state index in [-0.39, 0.29) is 12.5 Å². The number of anilines is 1. The standard InChI is InChI=1S/C24H27N3O2/c1-17-11-18(2)24(19(3)12-17)27-23(28)15-26-14-21-8-4-5-9-22(21)29-16-20-7-6-10-25-13-20/h4-13,26H,14-16H2,1-3H3,(H,27,28). The van der Waals surface area contributed by atoms with Gasteiger partial charge < -0.3 is 15.4 Å². The monoisotopic (exact) mass is 389 g/mol. The largest absolute Gasteiger partial charge is 0.489 e. The summed E-state index contributed by atoms with van der Waals surface area (Å²) in [6, 6.07) is 15.9. The Morgan fingerprint density at radius 2 is 1.79 bits per heavy atom. The van der Waals surface area contributed by atoms with Gasteiger partial charge in [-0.1, -0.05) is 42.0 Å². The highest BCUT2D eigenvalue weighted by atomic mass is 16.5. The fourth-order valence-electron chi connectivity index (χ4n) is 3.31. The molecule has 0 aliphatic rings. The molecule has 5 heteroatoms. The van der Waals surface area contributed by atoms with Gasteiger partial charge in [0, 0.05) is 35.8 Å². The van der Waals surface area contributed by atoms with Gasteiger partial charge in [-0.2, -0.15) is 0 Å². The molecule has 0 saturated heterocycles. The summed E-state index contributed by atoms with van der Waals surface area (Å²) in [5, 5.41) is 6.22. The third-order valence-corrected chi connectivity index (χ3v) is 4.63. The molecule has 2 aromatic carbocycles. The molecule has 3 aromatic rings. The van der Waals surface area contributed by atoms with Crippen molar-refractivity contribution >= 4 is 11.6 Å². The summed E-state index contributed by atoms with van der Waals surface area (Å²) < 4.78 is 5.94. The van der Waals surface area contributed by atoms with E-state index in [9.17, 15) is 4.79 Å². The van der Waals surface area contributed by atoms with Crippen molar-refractivity contribution in [3.05, 3.63) is 88.7 Å². The molecule has 0 radical (unpaired) electrons. The van der Waals surface area contributed by atoms with Gasteiger partial charge in [-0.05, 0) is 44.0 Å². The second-order valence-electron chi connectivity index (χ2n) is 7.18. The highest BCUT2D eigenvalue weighted by Gasteiger charge is 2.09. The van der Waals surface area contributed by atoms with Gasteiger partial charge in [0.1, 0.15) is 12.4 Å². The Bertz CT molecular complexity index is 948. The third kappa shape index (κ3) is 5.90. The molecule has 1 heterocycles. The van der Waals surface area contributed by atoms with Crippen LogP contribution in [0.1, 0.15) is 27.8 Å². The van der Waals surface area contributed by atoms with Gasteiger partial charge in [0.2, 0.25) is 5.91 Å². The predicted octanol–water partition coefficient (Wildman–Crippen LogP) is 4.31. The van der Waals surface area contributed by atoms with Crippen LogP contribution in [0.4, 0.5) is 5.69 Å². The number of carbonyl (C=O) groups excluding carboxylic acids is 1. The van der Waals surface area contributed by atoms with Crippen LogP contribution in [0, 0.1) is 20.8 Å². The van der Waals surface area contributed by atoms with Crippen LogP contribution in [0.2, 0.25) is 0 Å². The van der Waals surface area contributed by atoms with Gasteiger partial charge in [0.05, 0.1) is 6.54 Å². The lowest BCUT2D eigenvalue weighted by Crippen LogP contribution is -2.28. The number of nitrogens with zero attached hydrogens (tertiary/aromatic N) is 1. The molecule has 3 rings (SSSR count). The second kappa shape index (κ2) is 9.85. The molecule has 0 unspecified atom stereocenters. The molecule has 0 aliphatic heterocycles. The minimum Gasteiger partial charge on any atom is -0.489 e. The number of ether oxygens (including phenoxy) is 1. The number of amides is 1. The van der Waals surface area contributed by atoms with E-state index < -0.39 is 0 Å². The summed E-state index contributed by atoms with van der Waals surface area (Å²) in [5.41, 5.74) is 6.25. The molecule has 0 aliphatic carbocycles. The molecule has 0 bridgehead atoms. The van der Waals surface area contributed by atoms with Crippen LogP contribution in [-0.4, -0.2) is 17.4 Å². The van der Waals surface area contributed by atoms with Gasteiger partial charge in [-0.25, -0.2) is 0 Å². The van der Waals surface area contributed by atoms with E-state index in [0.717, 1.165) is 33.7 Å². The van der Waals surface area contributed by atoms with Crippen molar-refractivity contribution in [2.24, 2.45) is 0 Å². The van der Waals surface area contributed by atoms with E-state index in [1.807, 2.05) is 50.2 Å². The van der Waals surface area contributed by atoms with Crippen molar-refractivity contribution in [1.29, 1.82) is 0 Å². The first-order valence-corrected chi connectivity index (χ1v) is 9.71. The number of nitrogens with one attached hydrogen (secondary N) is 2. The van der Waals surface area contributed by atoms with Gasteiger partial charge in [-0.15, -0.1) is 0 Å². The summed E-state index contributed by atoms with van der Waals surface area (Å²) in [7, 11) is 0. The Morgan fingerprint density at radius 3 is 2.52 bits per heavy atom. The molecule has 0 spiro atoms. The number of aromatic nitrogens is 1. The molecule has 1 aromatic heterocycles. The Hall–Kier alpha value is -3.18. The average molecular weight is 389 g/mol. The number of para-hydroxylation sites is 1. The Kier molecular flexibility index (Phi) is 6.98. The summed E-state index contributed by atoms with van der Waals surface area (Å²) in [6.45, 7) is 7.31. The van der Waals surface area contributed by atoms with Crippen LogP contribution < -0.4 is 15.4 Å². The van der Waals surface area contributed by atoms with Crippen molar-refractivity contribution in [2.45, 2.75) is 33.9 Å². The SMILES string of the molecule is Cc1cc(C)c(NC(=O)CNCc2ccccc2OCc2cccnc2)c(C)c1. The highest BCUT2D eigenvalue weighted by Crippen LogP contribution is 2.22. The van der Waals surface area contributed by atoms with Crippen LogP contribution >= 0.6 is 0 Å². The van der Waals surface area contributed by atoms with Crippen LogP contribution in [0.25, 0.3) is 0 Å². The zero-order valence-corrected chi connectivity index (χ0v) is 17.2. The maximum Gasteiger partial charge on any atom is 0.238 e. The average Bonchev–Trinajstić information content (AvgIpc) is 2.71. The Morgan fingerprint density at radius 1 is 1.03 bits per heavy atom. The number of pyridine rings is 1. The quantitative estimate of drug-likeness (QED) is 0.602. The van der Waals surface area contributed by atoms with Gasteiger partial charge in [0.15, 0.2) is 0 Å². The molecular weight excluding hydrogens is 362 g/mol. The summed E-state index contributed by atoms with van der Waals surface area (Å²) >= 11 is 0. The number of hydrogen-bond acceptors (Lipinski definition) is 4. The molecule has 2 N–H and O–H groups in total. The normalized spacial score (nSPS) is 10.6. The van der Waals surface area contributed by atoms with E-state index in [1.165, 1.54) is 5.56 Å². The van der Waals surface area contributed by atoms with E-state index in [0.29, 0.717) is 13.2 Å². The first-order chi connectivity index (χ1) is 14.0. The lowest BCUT2D eigenvalue weighted by Gasteiger charge is -2.14. The lowest BCUT2D eigenvalue weighted by molar-refractivity contribution is -0.115. The van der Waals surface area contributed by atoms with Crippen molar-refractivity contribution in [2.75, 3.05) is 11.9 Å². The lowest BCUT2D eigenvalue weighted by atomic mass is 10.1. The molecule has 150 valence electrons. The van der Waals surface area contributed by atoms with E-state index in [1.54, 1.807) is 12.4 Å². The summed E-state index contributed by atoms with van der Waals surface area (Å²) in [5.74, 6) is 0.739. The molecule has 0 fully saturated rings. The smallest absolute Gasteiger partial charge is 0.238 e. The van der Waals surface area contributed by atoms with Gasteiger partial charge in [-0.3, -0.25) is 9.78 Å². The van der Waals surface area contributed by atoms with E-state index in [2.05, 4.69) is 34.7 Å². The maximum atomic E-state index is 12.4. The molecule has 29 heavy (non-hydrogen) atoms. The topological polar surface area (TPSA) is 63.2 Å². The first kappa shape index (κ1) is 20.6. The van der Waals surface area contributed by atoms with Crippen molar-refractivity contribution in [1.82, 2.24) is 10.3 Å². The summed E-state index contributed by atoms with van der Waals surface area (Å²) in [6.07, 6.45) is 3.53. The number of hydrogen-bond donors (Lipinski definition) is 2. The zero-order valence-electron chi connectivity index (χ0n) is 17.2. The van der Waals surface area contributed by atoms with Crippen LogP contribution in [-0.2, 0) is 17.9 Å². The molecular formula is C24H27N3O2. The number of rotatable bonds is 8. The molecule has 0 atom stereocenters. The van der Waals surface area contributed by atoms with Crippen molar-refractivity contribution in [3.8, 4) is 5.75 Å². The number of benzene rings is 2. The fourth-order valence-corrected chi connectivity index (χ4v) is 3.31. The van der Waals surface area contributed by atoms with Crippen molar-refractivity contribution < 1.29 is 9.53 Å². The fraction of sp³-hybridized carbons (Fsp3) is 0.250. The zero-order chi connectivity index (χ0) is 20.6. The minimum atomic E-state index is -0.0613. The Labute approximate surface area is 172 Å². The molecule has 5 nitrogen and oxygen atoms in total. The Balaban J connectivity index is 1.53. The predicted molar refractivity (Wildman–Crippen MR) is 116 cm³/mol. The highest BCUT2D eigenvalue weighted by molar-refractivity contribution is 5.93. The van der Waals surface area contributed by atoms with E-state index >= 15 is 0 Å². The van der Waals surface area contributed by atoms with Crippen LogP contribution in [0.5, 0.6) is 5.75 Å². The van der Waals surface area contributed by atoms with Crippen LogP contribution in [0.3, 0.4) is 0 Å². The first-order valence-electron chi connectivity index (χ1n) is 9.71. The van der Waals surface area contributed by atoms with Crippen molar-refractivity contribution in [3.63, 3.8) is 0 Å². The van der Waals surface area contributed by atoms with Crippen LogP contribution in [0.15, 0.2) is 60.9 Å². The number of aryl methyl sites for hydroxylation is 3. The second-order valence-corrected chi connectivity index (χ2v) is 7.18. The molecule has 1 amide bonds. The number of carbonyl (C=O) groups is 1. The molecule has 0 saturated carbocycles. The minimum absolute atomic E-state index is 0.0613. The maximum absolute atomic E-state index is 12.4. The van der Waals surface area contributed by atoms with Gasteiger partial charge >= 0.3 is 0 Å². The third-order valence-electron chi connectivity index (χ3n) is 4.63. The van der Waals surface area contributed by atoms with Gasteiger partial charge in [0.25, 0.3) is 0 Å². The summed E-state index contributed by atoms with van der Waals surface area (Å²) in [4.78, 5) is 16.5.